The van der Waals surface area contributed by atoms with Gasteiger partial charge in [0.25, 0.3) is 0 Å². The van der Waals surface area contributed by atoms with Crippen molar-refractivity contribution in [1.29, 1.82) is 0 Å². The Hall–Kier alpha value is -2.26. The summed E-state index contributed by atoms with van der Waals surface area (Å²) >= 11 is 0. The van der Waals surface area contributed by atoms with Crippen molar-refractivity contribution in [2.45, 2.75) is 81.3 Å². The highest BCUT2D eigenvalue weighted by atomic mass is 16.3. The van der Waals surface area contributed by atoms with Gasteiger partial charge in [-0.1, -0.05) is 96.2 Å². The molecule has 0 amide bonds. The largest absolute Gasteiger partial charge is 0.383 e. The number of carbonyl (C=O) groups excluding carboxylic acids is 2. The molecule has 3 nitrogen and oxygen atoms in total. The first kappa shape index (κ1) is 26.3. The number of carbonyl (C=O) groups is 2. The first-order chi connectivity index (χ1) is 15.3. The molecule has 3 atom stereocenters. The van der Waals surface area contributed by atoms with E-state index in [1.54, 1.807) is 0 Å². The summed E-state index contributed by atoms with van der Waals surface area (Å²) < 4.78 is 0. The van der Waals surface area contributed by atoms with E-state index < -0.39 is 21.8 Å². The fourth-order valence-corrected chi connectivity index (χ4v) is 6.09. The summed E-state index contributed by atoms with van der Waals surface area (Å²) in [5.74, 6) is -0.0417. The minimum absolute atomic E-state index is 0.0716. The third kappa shape index (κ3) is 4.40. The molecule has 3 heteroatoms. The number of allylic oxidation sites excluding steroid dienone is 12. The smallest absolute Gasteiger partial charge is 0.177 e. The minimum atomic E-state index is -1.42. The molecule has 0 bridgehead atoms. The van der Waals surface area contributed by atoms with E-state index in [1.807, 2.05) is 71.1 Å². The third-order valence-electron chi connectivity index (χ3n) is 7.74. The fourth-order valence-electron chi connectivity index (χ4n) is 6.09. The van der Waals surface area contributed by atoms with Gasteiger partial charge in [-0.25, -0.2) is 0 Å². The van der Waals surface area contributed by atoms with Gasteiger partial charge in [0, 0.05) is 10.8 Å². The Morgan fingerprint density at radius 3 is 1.91 bits per heavy atom. The van der Waals surface area contributed by atoms with Gasteiger partial charge in [-0.2, -0.15) is 0 Å². The van der Waals surface area contributed by atoms with E-state index in [9.17, 15) is 14.7 Å². The number of rotatable bonds is 4. The Kier molecular flexibility index (Phi) is 6.11. The van der Waals surface area contributed by atoms with Crippen LogP contribution in [0.5, 0.6) is 0 Å². The van der Waals surface area contributed by atoms with Crippen molar-refractivity contribution in [2.75, 3.05) is 0 Å². The molecule has 3 unspecified atom stereocenters. The van der Waals surface area contributed by atoms with Crippen LogP contribution < -0.4 is 0 Å². The molecule has 3 rings (SSSR count). The normalized spacial score (nSPS) is 32.9. The average molecular weight is 463 g/mol. The Labute approximate surface area is 206 Å². The average Bonchev–Trinajstić information content (AvgIpc) is 2.90. The van der Waals surface area contributed by atoms with Crippen molar-refractivity contribution < 1.29 is 14.7 Å². The lowest BCUT2D eigenvalue weighted by atomic mass is 9.69. The molecular weight excluding hydrogens is 420 g/mol. The second-order valence-corrected chi connectivity index (χ2v) is 13.2. The highest BCUT2D eigenvalue weighted by Gasteiger charge is 2.51. The first-order valence-corrected chi connectivity index (χ1v) is 12.3. The Bertz CT molecular complexity index is 1090. The standard InChI is InChI=1S/C31H42O3/c1-26(2,3)24(32)30(9)17-12-14-22-23(19-30)31(10,20-27(22,4)5)21-13-11-16-29(8,18-15-21)25(33)28(6,7)34/h11-19,34H,20H2,1-10H3. The number of hydrogen-bond donors (Lipinski definition) is 1. The third-order valence-corrected chi connectivity index (χ3v) is 7.74. The van der Waals surface area contributed by atoms with Crippen LogP contribution in [0.4, 0.5) is 0 Å². The van der Waals surface area contributed by atoms with Gasteiger partial charge in [0.05, 0.1) is 10.8 Å². The summed E-state index contributed by atoms with van der Waals surface area (Å²) in [5, 5.41) is 10.4. The molecule has 1 saturated carbocycles. The van der Waals surface area contributed by atoms with Gasteiger partial charge in [0.15, 0.2) is 11.6 Å². The van der Waals surface area contributed by atoms with Crippen LogP contribution in [0.15, 0.2) is 71.4 Å². The highest BCUT2D eigenvalue weighted by molar-refractivity contribution is 5.95. The molecule has 3 aliphatic rings. The van der Waals surface area contributed by atoms with Gasteiger partial charge in [-0.15, -0.1) is 0 Å². The molecule has 0 aromatic carbocycles. The van der Waals surface area contributed by atoms with E-state index in [4.69, 9.17) is 0 Å². The van der Waals surface area contributed by atoms with E-state index in [1.165, 1.54) is 25.0 Å². The molecule has 34 heavy (non-hydrogen) atoms. The zero-order chi connectivity index (χ0) is 26.0. The van der Waals surface area contributed by atoms with Gasteiger partial charge in [-0.05, 0) is 56.3 Å². The van der Waals surface area contributed by atoms with Crippen LogP contribution in [-0.2, 0) is 9.59 Å². The maximum atomic E-state index is 13.5. The Morgan fingerprint density at radius 2 is 1.35 bits per heavy atom. The van der Waals surface area contributed by atoms with Crippen molar-refractivity contribution in [3.05, 3.63) is 71.4 Å². The number of aliphatic hydroxyl groups is 1. The molecule has 0 aliphatic heterocycles. The quantitative estimate of drug-likeness (QED) is 0.496. The lowest BCUT2D eigenvalue weighted by molar-refractivity contribution is -0.139. The molecule has 0 aromatic rings. The van der Waals surface area contributed by atoms with Crippen LogP contribution >= 0.6 is 0 Å². The van der Waals surface area contributed by atoms with Crippen LogP contribution in [-0.4, -0.2) is 22.3 Å². The molecule has 0 aromatic heterocycles. The maximum Gasteiger partial charge on any atom is 0.177 e. The molecule has 1 N–H and O–H groups in total. The van der Waals surface area contributed by atoms with E-state index in [0.29, 0.717) is 0 Å². The Balaban J connectivity index is 2.15. The summed E-state index contributed by atoms with van der Waals surface area (Å²) in [5.41, 5.74) is -0.338. The minimum Gasteiger partial charge on any atom is -0.383 e. The van der Waals surface area contributed by atoms with Gasteiger partial charge < -0.3 is 5.11 Å². The molecule has 3 aliphatic carbocycles. The number of hydrogen-bond acceptors (Lipinski definition) is 3. The topological polar surface area (TPSA) is 54.4 Å². The Morgan fingerprint density at radius 1 is 0.794 bits per heavy atom. The summed E-state index contributed by atoms with van der Waals surface area (Å²) in [4.78, 5) is 26.5. The van der Waals surface area contributed by atoms with Crippen LogP contribution in [0, 0.1) is 27.1 Å². The molecule has 1 fully saturated rings. The summed E-state index contributed by atoms with van der Waals surface area (Å²) in [6.07, 6.45) is 19.2. The molecule has 184 valence electrons. The second kappa shape index (κ2) is 7.88. The number of Topliss-reactive ketones (excluding diaryl/α,β-unsaturated/α-hetero) is 2. The predicted octanol–water partition coefficient (Wildman–Crippen LogP) is 6.87. The second-order valence-electron chi connectivity index (χ2n) is 13.2. The van der Waals surface area contributed by atoms with Crippen molar-refractivity contribution >= 4 is 11.6 Å². The molecule has 0 radical (unpaired) electrons. The highest BCUT2D eigenvalue weighted by Crippen LogP contribution is 2.61. The SMILES string of the molecule is CC(C)(C)C(=O)C1(C)C=CC=C2C(=C1)C(C)(C1=CC=CC(C)(C(=O)C(C)(C)O)C=C1)CC2(C)C. The van der Waals surface area contributed by atoms with Gasteiger partial charge in [0.2, 0.25) is 0 Å². The van der Waals surface area contributed by atoms with Crippen LogP contribution in [0.3, 0.4) is 0 Å². The lowest BCUT2D eigenvalue weighted by Gasteiger charge is -2.33. The zero-order valence-corrected chi connectivity index (χ0v) is 22.7. The van der Waals surface area contributed by atoms with E-state index >= 15 is 0 Å². The van der Waals surface area contributed by atoms with Gasteiger partial charge in [0.1, 0.15) is 5.60 Å². The number of ketones is 2. The summed E-state index contributed by atoms with van der Waals surface area (Å²) in [6.45, 7) is 19.6. The summed E-state index contributed by atoms with van der Waals surface area (Å²) in [6, 6.07) is 0. The lowest BCUT2D eigenvalue weighted by Crippen LogP contribution is -2.41. The first-order valence-electron chi connectivity index (χ1n) is 12.3. The monoisotopic (exact) mass is 462 g/mol. The van der Waals surface area contributed by atoms with E-state index in [2.05, 4.69) is 39.0 Å². The summed E-state index contributed by atoms with van der Waals surface area (Å²) in [7, 11) is 0. The van der Waals surface area contributed by atoms with Crippen LogP contribution in [0.2, 0.25) is 0 Å². The molecule has 0 heterocycles. The van der Waals surface area contributed by atoms with Crippen molar-refractivity contribution in [3.63, 3.8) is 0 Å². The van der Waals surface area contributed by atoms with E-state index in [0.717, 1.165) is 12.0 Å². The van der Waals surface area contributed by atoms with E-state index in [-0.39, 0.29) is 22.4 Å². The van der Waals surface area contributed by atoms with Gasteiger partial charge >= 0.3 is 0 Å². The van der Waals surface area contributed by atoms with Crippen molar-refractivity contribution in [1.82, 2.24) is 0 Å². The van der Waals surface area contributed by atoms with Crippen molar-refractivity contribution in [2.24, 2.45) is 27.1 Å². The van der Waals surface area contributed by atoms with Gasteiger partial charge in [-0.3, -0.25) is 9.59 Å². The van der Waals surface area contributed by atoms with Crippen LogP contribution in [0.1, 0.15) is 75.7 Å². The molecular formula is C31H42O3. The number of fused-ring (bicyclic) bond motifs is 1. The molecule has 0 spiro atoms. The molecule has 0 saturated heterocycles. The maximum absolute atomic E-state index is 13.5. The predicted molar refractivity (Wildman–Crippen MR) is 140 cm³/mol. The van der Waals surface area contributed by atoms with Crippen LogP contribution in [0.25, 0.3) is 0 Å². The van der Waals surface area contributed by atoms with Crippen molar-refractivity contribution in [3.8, 4) is 0 Å². The zero-order valence-electron chi connectivity index (χ0n) is 22.7. The fraction of sp³-hybridized carbons (Fsp3) is 0.548.